The average Bonchev–Trinajstić information content (AvgIpc) is 2.16. The summed E-state index contributed by atoms with van der Waals surface area (Å²) in [5.41, 5.74) is 0.702. The van der Waals surface area contributed by atoms with Crippen LogP contribution in [0.3, 0.4) is 0 Å². The fraction of sp³-hybridized carbons (Fsp3) is 0.889. The molecular formula is C9H15F3N2O2. The summed E-state index contributed by atoms with van der Waals surface area (Å²) in [7, 11) is 0. The molecule has 4 nitrogen and oxygen atoms in total. The highest BCUT2D eigenvalue weighted by Crippen LogP contribution is 2.17. The molecule has 94 valence electrons. The van der Waals surface area contributed by atoms with E-state index in [1.54, 1.807) is 0 Å². The van der Waals surface area contributed by atoms with E-state index in [4.69, 9.17) is 5.21 Å². The van der Waals surface area contributed by atoms with Gasteiger partial charge in [-0.2, -0.15) is 0 Å². The van der Waals surface area contributed by atoms with Crippen molar-refractivity contribution in [3.05, 3.63) is 0 Å². The molecule has 1 aliphatic rings. The van der Waals surface area contributed by atoms with E-state index in [1.165, 1.54) is 0 Å². The third-order valence-corrected chi connectivity index (χ3v) is 2.59. The summed E-state index contributed by atoms with van der Waals surface area (Å²) >= 11 is 0. The van der Waals surface area contributed by atoms with Gasteiger partial charge >= 0.3 is 6.36 Å². The zero-order valence-corrected chi connectivity index (χ0v) is 9.00. The normalized spacial score (nSPS) is 26.2. The van der Waals surface area contributed by atoms with Gasteiger partial charge in [-0.3, -0.25) is 4.74 Å². The van der Waals surface area contributed by atoms with Crippen LogP contribution < -0.4 is 0 Å². The molecule has 1 atom stereocenters. The second-order valence-corrected chi connectivity index (χ2v) is 3.84. The van der Waals surface area contributed by atoms with Gasteiger partial charge in [0.25, 0.3) is 0 Å². The molecule has 0 spiro atoms. The van der Waals surface area contributed by atoms with Crippen molar-refractivity contribution in [3.8, 4) is 0 Å². The standard InChI is InChI=1S/C9H15F3N2O2/c1-7-6-14(3-2-8(7)13-15)4-5-16-9(10,11)12/h7,15H,2-6H2,1H3. The van der Waals surface area contributed by atoms with Crippen LogP contribution in [0.5, 0.6) is 0 Å². The predicted octanol–water partition coefficient (Wildman–Crippen LogP) is 1.69. The summed E-state index contributed by atoms with van der Waals surface area (Å²) in [4.78, 5) is 1.87. The first-order chi connectivity index (χ1) is 7.42. The van der Waals surface area contributed by atoms with Gasteiger partial charge in [-0.15, -0.1) is 13.2 Å². The van der Waals surface area contributed by atoms with Crippen molar-refractivity contribution in [1.29, 1.82) is 0 Å². The highest BCUT2D eigenvalue weighted by Gasteiger charge is 2.29. The summed E-state index contributed by atoms with van der Waals surface area (Å²) in [6, 6.07) is 0. The van der Waals surface area contributed by atoms with Crippen LogP contribution in [0.4, 0.5) is 13.2 Å². The fourth-order valence-electron chi connectivity index (χ4n) is 1.75. The summed E-state index contributed by atoms with van der Waals surface area (Å²) in [5, 5.41) is 11.8. The maximum atomic E-state index is 11.7. The third kappa shape index (κ3) is 4.36. The van der Waals surface area contributed by atoms with Crippen molar-refractivity contribution < 1.29 is 23.1 Å². The molecule has 1 unspecified atom stereocenters. The number of nitrogens with zero attached hydrogens (tertiary/aromatic N) is 2. The Balaban J connectivity index is 2.26. The van der Waals surface area contributed by atoms with Crippen molar-refractivity contribution in [2.24, 2.45) is 11.1 Å². The lowest BCUT2D eigenvalue weighted by Gasteiger charge is -2.31. The van der Waals surface area contributed by atoms with E-state index in [9.17, 15) is 13.2 Å². The topological polar surface area (TPSA) is 45.1 Å². The molecule has 0 saturated carbocycles. The lowest BCUT2D eigenvalue weighted by molar-refractivity contribution is -0.325. The smallest absolute Gasteiger partial charge is 0.411 e. The number of hydrogen-bond acceptors (Lipinski definition) is 4. The van der Waals surface area contributed by atoms with Gasteiger partial charge in [0.15, 0.2) is 0 Å². The van der Waals surface area contributed by atoms with E-state index in [0.717, 1.165) is 0 Å². The van der Waals surface area contributed by atoms with E-state index in [-0.39, 0.29) is 19.1 Å². The Morgan fingerprint density at radius 1 is 1.56 bits per heavy atom. The Kier molecular flexibility index (Phi) is 4.55. The maximum absolute atomic E-state index is 11.7. The summed E-state index contributed by atoms with van der Waals surface area (Å²) in [6.07, 6.45) is -3.97. The molecular weight excluding hydrogens is 225 g/mol. The Labute approximate surface area is 91.7 Å². The maximum Gasteiger partial charge on any atom is 0.522 e. The lowest BCUT2D eigenvalue weighted by Crippen LogP contribution is -2.41. The first kappa shape index (κ1) is 13.2. The number of rotatable bonds is 3. The summed E-state index contributed by atoms with van der Waals surface area (Å²) in [6.45, 7) is 2.96. The van der Waals surface area contributed by atoms with Gasteiger partial charge < -0.3 is 10.1 Å². The van der Waals surface area contributed by atoms with Gasteiger partial charge in [0.1, 0.15) is 0 Å². The van der Waals surface area contributed by atoms with E-state index < -0.39 is 6.36 Å². The lowest BCUT2D eigenvalue weighted by atomic mass is 9.98. The van der Waals surface area contributed by atoms with E-state index >= 15 is 0 Å². The van der Waals surface area contributed by atoms with Gasteiger partial charge in [0.2, 0.25) is 0 Å². The molecule has 1 N–H and O–H groups in total. The minimum Gasteiger partial charge on any atom is -0.411 e. The van der Waals surface area contributed by atoms with E-state index in [1.807, 2.05) is 11.8 Å². The first-order valence-corrected chi connectivity index (χ1v) is 5.06. The predicted molar refractivity (Wildman–Crippen MR) is 51.4 cm³/mol. The van der Waals surface area contributed by atoms with Gasteiger partial charge in [-0.1, -0.05) is 12.1 Å². The van der Waals surface area contributed by atoms with Gasteiger partial charge in [-0.05, 0) is 0 Å². The summed E-state index contributed by atoms with van der Waals surface area (Å²) in [5.74, 6) is 0.0737. The number of ether oxygens (including phenoxy) is 1. The number of alkyl halides is 3. The van der Waals surface area contributed by atoms with Crippen molar-refractivity contribution in [3.63, 3.8) is 0 Å². The van der Waals surface area contributed by atoms with Crippen LogP contribution in [-0.4, -0.2) is 48.4 Å². The van der Waals surface area contributed by atoms with E-state index in [2.05, 4.69) is 9.89 Å². The average molecular weight is 240 g/mol. The molecule has 0 amide bonds. The van der Waals surface area contributed by atoms with Crippen molar-refractivity contribution >= 4 is 5.71 Å². The molecule has 1 saturated heterocycles. The SMILES string of the molecule is CC1CN(CCOC(F)(F)F)CCC1=NO. The molecule has 1 fully saturated rings. The number of oxime groups is 1. The number of piperidine rings is 1. The second kappa shape index (κ2) is 5.49. The molecule has 1 aliphatic heterocycles. The number of likely N-dealkylation sites (tertiary alicyclic amines) is 1. The molecule has 1 heterocycles. The van der Waals surface area contributed by atoms with Crippen LogP contribution in [0, 0.1) is 5.92 Å². The number of halogens is 3. The van der Waals surface area contributed by atoms with Crippen molar-refractivity contribution in [2.45, 2.75) is 19.7 Å². The molecule has 0 aliphatic carbocycles. The highest BCUT2D eigenvalue weighted by molar-refractivity contribution is 5.86. The van der Waals surface area contributed by atoms with Crippen molar-refractivity contribution in [2.75, 3.05) is 26.2 Å². The zero-order valence-electron chi connectivity index (χ0n) is 9.00. The largest absolute Gasteiger partial charge is 0.522 e. The fourth-order valence-corrected chi connectivity index (χ4v) is 1.75. The third-order valence-electron chi connectivity index (χ3n) is 2.59. The van der Waals surface area contributed by atoms with Crippen LogP contribution in [-0.2, 0) is 4.74 Å². The molecule has 0 aromatic rings. The number of hydrogen-bond donors (Lipinski definition) is 1. The van der Waals surface area contributed by atoms with Crippen molar-refractivity contribution in [1.82, 2.24) is 4.90 Å². The molecule has 1 rings (SSSR count). The quantitative estimate of drug-likeness (QED) is 0.603. The Morgan fingerprint density at radius 2 is 2.25 bits per heavy atom. The monoisotopic (exact) mass is 240 g/mol. The molecule has 16 heavy (non-hydrogen) atoms. The molecule has 0 radical (unpaired) electrons. The minimum atomic E-state index is -4.56. The van der Waals surface area contributed by atoms with Crippen LogP contribution in [0.2, 0.25) is 0 Å². The van der Waals surface area contributed by atoms with E-state index in [0.29, 0.717) is 25.2 Å². The van der Waals surface area contributed by atoms with Gasteiger partial charge in [0.05, 0.1) is 12.3 Å². The van der Waals surface area contributed by atoms with Gasteiger partial charge in [-0.25, -0.2) is 0 Å². The molecule has 7 heteroatoms. The van der Waals surface area contributed by atoms with Crippen LogP contribution in [0.25, 0.3) is 0 Å². The Bertz CT molecular complexity index is 256. The zero-order chi connectivity index (χ0) is 12.2. The van der Waals surface area contributed by atoms with Crippen LogP contribution in [0.1, 0.15) is 13.3 Å². The Hall–Kier alpha value is -0.820. The highest BCUT2D eigenvalue weighted by atomic mass is 19.4. The minimum absolute atomic E-state index is 0.0737. The molecule has 0 aromatic carbocycles. The summed E-state index contributed by atoms with van der Waals surface area (Å²) < 4.78 is 38.8. The Morgan fingerprint density at radius 3 is 2.75 bits per heavy atom. The second-order valence-electron chi connectivity index (χ2n) is 3.84. The van der Waals surface area contributed by atoms with Crippen LogP contribution >= 0.6 is 0 Å². The van der Waals surface area contributed by atoms with Gasteiger partial charge in [0, 0.05) is 32.0 Å². The molecule has 0 aromatic heterocycles. The molecule has 0 bridgehead atoms. The first-order valence-electron chi connectivity index (χ1n) is 5.06. The van der Waals surface area contributed by atoms with Crippen LogP contribution in [0.15, 0.2) is 5.16 Å².